The van der Waals surface area contributed by atoms with Crippen molar-refractivity contribution < 1.29 is 14.6 Å². The Morgan fingerprint density at radius 2 is 1.86 bits per heavy atom. The Hall–Kier alpha value is 0.610. The lowest BCUT2D eigenvalue weighted by Gasteiger charge is -2.04. The molecular weight excluding hydrogens is 295 g/mol. The minimum Gasteiger partial charge on any atom is -0.394 e. The van der Waals surface area contributed by atoms with Crippen molar-refractivity contribution in [2.24, 2.45) is 0 Å². The third-order valence-electron chi connectivity index (χ3n) is 3.40. The fourth-order valence-electron chi connectivity index (χ4n) is 1.93. The van der Waals surface area contributed by atoms with Crippen LogP contribution in [-0.4, -0.2) is 39.6 Å². The number of ether oxygens (including phenoxy) is 2. The molecule has 0 unspecified atom stereocenters. The number of epoxide rings is 2. The number of rotatable bonds is 5. The van der Waals surface area contributed by atoms with Gasteiger partial charge in [-0.05, 0) is 26.7 Å². The molecular formula is C10H17IO3. The summed E-state index contributed by atoms with van der Waals surface area (Å²) in [4.78, 5) is 0. The van der Waals surface area contributed by atoms with Crippen molar-refractivity contribution in [1.82, 2.24) is 0 Å². The van der Waals surface area contributed by atoms with Crippen LogP contribution in [0.3, 0.4) is 0 Å². The molecule has 2 heterocycles. The summed E-state index contributed by atoms with van der Waals surface area (Å²) in [5.74, 6) is 0. The number of aliphatic hydroxyl groups excluding tert-OH is 1. The van der Waals surface area contributed by atoms with E-state index in [1.165, 1.54) is 0 Å². The van der Waals surface area contributed by atoms with Gasteiger partial charge in [0, 0.05) is 4.43 Å². The highest BCUT2D eigenvalue weighted by molar-refractivity contribution is 14.1. The molecule has 2 saturated heterocycles. The highest BCUT2D eigenvalue weighted by Crippen LogP contribution is 2.46. The molecule has 3 nitrogen and oxygen atoms in total. The van der Waals surface area contributed by atoms with E-state index >= 15 is 0 Å². The Kier molecular flexibility index (Phi) is 2.83. The van der Waals surface area contributed by atoms with Gasteiger partial charge in [0.1, 0.15) is 11.7 Å². The van der Waals surface area contributed by atoms with Crippen LogP contribution in [0.1, 0.15) is 26.7 Å². The van der Waals surface area contributed by atoms with E-state index in [2.05, 4.69) is 36.4 Å². The number of aliphatic hydroxyl groups is 1. The van der Waals surface area contributed by atoms with Gasteiger partial charge in [-0.25, -0.2) is 0 Å². The second-order valence-electron chi connectivity index (χ2n) is 4.69. The van der Waals surface area contributed by atoms with Gasteiger partial charge in [0.2, 0.25) is 0 Å². The quantitative estimate of drug-likeness (QED) is 0.475. The van der Waals surface area contributed by atoms with Gasteiger partial charge in [-0.3, -0.25) is 0 Å². The number of alkyl halides is 1. The van der Waals surface area contributed by atoms with Gasteiger partial charge < -0.3 is 14.6 Å². The molecule has 2 aliphatic heterocycles. The van der Waals surface area contributed by atoms with E-state index in [1.807, 2.05) is 0 Å². The van der Waals surface area contributed by atoms with Crippen LogP contribution in [0, 0.1) is 0 Å². The first-order chi connectivity index (χ1) is 6.54. The second kappa shape index (κ2) is 3.57. The maximum atomic E-state index is 8.91. The van der Waals surface area contributed by atoms with Crippen LogP contribution in [0.5, 0.6) is 0 Å². The molecule has 2 fully saturated rings. The van der Waals surface area contributed by atoms with Gasteiger partial charge in [0.15, 0.2) is 0 Å². The summed E-state index contributed by atoms with van der Waals surface area (Å²) in [6, 6.07) is 0. The van der Waals surface area contributed by atoms with Gasteiger partial charge in [-0.2, -0.15) is 0 Å². The molecule has 1 N–H and O–H groups in total. The van der Waals surface area contributed by atoms with Crippen molar-refractivity contribution in [3.05, 3.63) is 0 Å². The Balaban J connectivity index is 1.70. The van der Waals surface area contributed by atoms with E-state index in [1.54, 1.807) is 0 Å². The molecule has 0 aliphatic carbocycles. The topological polar surface area (TPSA) is 45.3 Å². The van der Waals surface area contributed by atoms with Crippen molar-refractivity contribution in [1.29, 1.82) is 0 Å². The van der Waals surface area contributed by atoms with E-state index in [-0.39, 0.29) is 23.9 Å². The fourth-order valence-corrected chi connectivity index (χ4v) is 2.60. The first-order valence-electron chi connectivity index (χ1n) is 5.06. The molecule has 4 heteroatoms. The molecule has 14 heavy (non-hydrogen) atoms. The summed E-state index contributed by atoms with van der Waals surface area (Å²) in [5, 5.41) is 8.91. The van der Waals surface area contributed by atoms with Crippen molar-refractivity contribution >= 4 is 22.6 Å². The predicted molar refractivity (Wildman–Crippen MR) is 61.8 cm³/mol. The lowest BCUT2D eigenvalue weighted by atomic mass is 9.97. The van der Waals surface area contributed by atoms with E-state index < -0.39 is 0 Å². The first kappa shape index (κ1) is 11.1. The minimum atomic E-state index is -0.0765. The molecule has 0 aromatic heterocycles. The first-order valence-corrected chi connectivity index (χ1v) is 6.59. The summed E-state index contributed by atoms with van der Waals surface area (Å²) in [5.41, 5.74) is 0.0351. The maximum Gasteiger partial charge on any atom is 0.110 e. The van der Waals surface area contributed by atoms with E-state index in [4.69, 9.17) is 14.6 Å². The predicted octanol–water partition coefficient (Wildman–Crippen LogP) is 1.51. The zero-order chi connectivity index (χ0) is 10.4. The monoisotopic (exact) mass is 312 g/mol. The largest absolute Gasteiger partial charge is 0.394 e. The van der Waals surface area contributed by atoms with Crippen LogP contribution in [0.4, 0.5) is 0 Å². The van der Waals surface area contributed by atoms with Crippen LogP contribution in [0.2, 0.25) is 0 Å². The summed E-state index contributed by atoms with van der Waals surface area (Å²) < 4.78 is 12.1. The fraction of sp³-hybridized carbons (Fsp3) is 1.00. The molecule has 82 valence electrons. The highest BCUT2D eigenvalue weighted by atomic mass is 127. The molecule has 2 aliphatic rings. The second-order valence-corrected chi connectivity index (χ2v) is 5.46. The Bertz CT molecular complexity index is 235. The molecule has 0 aromatic rings. The van der Waals surface area contributed by atoms with Gasteiger partial charge in [-0.15, -0.1) is 0 Å². The van der Waals surface area contributed by atoms with Gasteiger partial charge in [0.05, 0.1) is 18.3 Å². The Morgan fingerprint density at radius 1 is 1.21 bits per heavy atom. The Labute approximate surface area is 98.3 Å². The lowest BCUT2D eigenvalue weighted by molar-refractivity contribution is 0.233. The lowest BCUT2D eigenvalue weighted by Crippen LogP contribution is -2.16. The van der Waals surface area contributed by atoms with Crippen molar-refractivity contribution in [2.75, 3.05) is 11.0 Å². The summed E-state index contributed by atoms with van der Waals surface area (Å²) in [7, 11) is 0. The van der Waals surface area contributed by atoms with E-state index in [0.29, 0.717) is 6.10 Å². The summed E-state index contributed by atoms with van der Waals surface area (Å²) in [6.07, 6.45) is 2.51. The maximum absolute atomic E-state index is 8.91. The van der Waals surface area contributed by atoms with Crippen LogP contribution < -0.4 is 0 Å². The molecule has 4 atom stereocenters. The number of hydrogen-bond donors (Lipinski definition) is 1. The van der Waals surface area contributed by atoms with E-state index in [0.717, 1.165) is 17.3 Å². The average molecular weight is 312 g/mol. The van der Waals surface area contributed by atoms with Crippen LogP contribution >= 0.6 is 22.6 Å². The molecule has 0 spiro atoms. The molecule has 2 rings (SSSR count). The van der Waals surface area contributed by atoms with Crippen molar-refractivity contribution in [2.45, 2.75) is 50.1 Å². The van der Waals surface area contributed by atoms with Gasteiger partial charge >= 0.3 is 0 Å². The van der Waals surface area contributed by atoms with Crippen LogP contribution in [0.15, 0.2) is 0 Å². The molecule has 0 saturated carbocycles. The zero-order valence-corrected chi connectivity index (χ0v) is 10.8. The van der Waals surface area contributed by atoms with E-state index in [9.17, 15) is 0 Å². The summed E-state index contributed by atoms with van der Waals surface area (Å²) in [6.45, 7) is 4.37. The normalized spacial score (nSPS) is 50.6. The number of halogens is 1. The minimum absolute atomic E-state index is 0.0621. The number of hydrogen-bond acceptors (Lipinski definition) is 3. The molecule has 0 radical (unpaired) electrons. The van der Waals surface area contributed by atoms with Crippen molar-refractivity contribution in [3.8, 4) is 0 Å². The van der Waals surface area contributed by atoms with Gasteiger partial charge in [-0.1, -0.05) is 22.6 Å². The molecule has 0 aromatic carbocycles. The summed E-state index contributed by atoms with van der Waals surface area (Å²) >= 11 is 2.36. The molecule has 0 amide bonds. The third kappa shape index (κ3) is 1.94. The average Bonchev–Trinajstić information content (AvgIpc) is 3.02. The standard InChI is InChI=1S/C10H17IO3/c1-9(8(5-12)14-9)4-3-7-10(2,6-11)13-7/h7-8,12H,3-6H2,1-2H3/t7-,8+,9+,10-/m1/s1. The van der Waals surface area contributed by atoms with Crippen LogP contribution in [-0.2, 0) is 9.47 Å². The molecule has 0 bridgehead atoms. The SMILES string of the molecule is C[C@]1(CI)O[C@@H]1CC[C@]1(C)O[C@H]1CO. The Morgan fingerprint density at radius 3 is 2.29 bits per heavy atom. The van der Waals surface area contributed by atoms with Crippen molar-refractivity contribution in [3.63, 3.8) is 0 Å². The van der Waals surface area contributed by atoms with Crippen LogP contribution in [0.25, 0.3) is 0 Å². The smallest absolute Gasteiger partial charge is 0.110 e. The highest BCUT2D eigenvalue weighted by Gasteiger charge is 2.56. The van der Waals surface area contributed by atoms with Gasteiger partial charge in [0.25, 0.3) is 0 Å². The zero-order valence-electron chi connectivity index (χ0n) is 8.62. The third-order valence-corrected chi connectivity index (χ3v) is 4.92.